The molecule has 1 aromatic heterocycles. The van der Waals surface area contributed by atoms with Gasteiger partial charge in [-0.05, 0) is 38.5 Å². The van der Waals surface area contributed by atoms with Crippen molar-refractivity contribution >= 4 is 52.9 Å². The fourth-order valence-electron chi connectivity index (χ4n) is 2.01. The maximum atomic E-state index is 6.05. The van der Waals surface area contributed by atoms with E-state index in [2.05, 4.69) is 47.4 Å². The van der Waals surface area contributed by atoms with Crippen LogP contribution in [0.25, 0.3) is 0 Å². The predicted molar refractivity (Wildman–Crippen MR) is 110 cm³/mol. The van der Waals surface area contributed by atoms with E-state index in [4.69, 9.17) is 11.6 Å². The van der Waals surface area contributed by atoms with Crippen LogP contribution in [0.1, 0.15) is 35.3 Å². The Labute approximate surface area is 163 Å². The van der Waals surface area contributed by atoms with E-state index >= 15 is 0 Å². The minimum absolute atomic E-state index is 0. The van der Waals surface area contributed by atoms with Crippen LogP contribution in [0.5, 0.6) is 0 Å². The summed E-state index contributed by atoms with van der Waals surface area (Å²) in [5, 5.41) is 8.41. The Kier molecular flexibility index (Phi) is 8.86. The number of nitrogens with one attached hydrogen (secondary N) is 2. The number of hydrogen-bond donors (Lipinski definition) is 2. The van der Waals surface area contributed by atoms with Crippen molar-refractivity contribution in [3.63, 3.8) is 0 Å². The first kappa shape index (κ1) is 20.2. The molecule has 0 saturated carbocycles. The Morgan fingerprint density at radius 2 is 2.22 bits per heavy atom. The molecule has 1 atom stereocenters. The van der Waals surface area contributed by atoms with Crippen LogP contribution in [0.2, 0.25) is 5.02 Å². The molecule has 0 spiro atoms. The Bertz CT molecular complexity index is 645. The molecule has 0 bridgehead atoms. The number of thiazole rings is 1. The maximum absolute atomic E-state index is 6.05. The molecule has 1 heterocycles. The zero-order chi connectivity index (χ0) is 15.9. The molecule has 0 aliphatic heterocycles. The molecule has 1 unspecified atom stereocenters. The topological polar surface area (TPSA) is 49.3 Å². The molecule has 4 nitrogen and oxygen atoms in total. The highest BCUT2D eigenvalue weighted by Gasteiger charge is 2.08. The Morgan fingerprint density at radius 3 is 2.83 bits per heavy atom. The molecule has 0 amide bonds. The third kappa shape index (κ3) is 6.64. The van der Waals surface area contributed by atoms with Gasteiger partial charge in [0.15, 0.2) is 5.96 Å². The first-order chi connectivity index (χ1) is 10.6. The Hall–Kier alpha value is -0.860. The van der Waals surface area contributed by atoms with Gasteiger partial charge < -0.3 is 10.6 Å². The quantitative estimate of drug-likeness (QED) is 0.388. The number of halogens is 2. The second-order valence-electron chi connectivity index (χ2n) is 4.98. The van der Waals surface area contributed by atoms with Crippen LogP contribution in [0.15, 0.2) is 35.5 Å². The van der Waals surface area contributed by atoms with Gasteiger partial charge in [-0.3, -0.25) is 0 Å². The fourth-order valence-corrected chi connectivity index (χ4v) is 2.92. The Morgan fingerprint density at radius 1 is 1.43 bits per heavy atom. The second-order valence-corrected chi connectivity index (χ2v) is 6.74. The highest BCUT2D eigenvalue weighted by Crippen LogP contribution is 2.17. The molecule has 126 valence electrons. The van der Waals surface area contributed by atoms with Gasteiger partial charge in [0.1, 0.15) is 5.01 Å². The number of benzene rings is 1. The first-order valence-corrected chi connectivity index (χ1v) is 8.49. The van der Waals surface area contributed by atoms with Gasteiger partial charge in [-0.2, -0.15) is 0 Å². The molecule has 0 aliphatic rings. The summed E-state index contributed by atoms with van der Waals surface area (Å²) >= 11 is 7.72. The number of aliphatic imine (C=N–C) groups is 1. The highest BCUT2D eigenvalue weighted by atomic mass is 127. The van der Waals surface area contributed by atoms with E-state index in [1.807, 2.05) is 24.4 Å². The summed E-state index contributed by atoms with van der Waals surface area (Å²) in [5.41, 5.74) is 1.13. The molecule has 1 aromatic carbocycles. The molecule has 0 aliphatic carbocycles. The monoisotopic (exact) mass is 464 g/mol. The third-order valence-electron chi connectivity index (χ3n) is 3.09. The van der Waals surface area contributed by atoms with Crippen molar-refractivity contribution in [2.75, 3.05) is 6.54 Å². The summed E-state index contributed by atoms with van der Waals surface area (Å²) in [6.45, 7) is 7.58. The summed E-state index contributed by atoms with van der Waals surface area (Å²) < 4.78 is 0. The molecular weight excluding hydrogens is 443 g/mol. The largest absolute Gasteiger partial charge is 0.357 e. The van der Waals surface area contributed by atoms with Gasteiger partial charge in [0.05, 0.1) is 12.6 Å². The number of rotatable bonds is 5. The van der Waals surface area contributed by atoms with Crippen LogP contribution >= 0.6 is 46.9 Å². The van der Waals surface area contributed by atoms with E-state index < -0.39 is 0 Å². The minimum Gasteiger partial charge on any atom is -0.357 e. The first-order valence-electron chi connectivity index (χ1n) is 7.30. The number of aromatic nitrogens is 1. The van der Waals surface area contributed by atoms with Gasteiger partial charge >= 0.3 is 0 Å². The summed E-state index contributed by atoms with van der Waals surface area (Å²) in [5.74, 6) is 0.780. The van der Waals surface area contributed by atoms with Crippen molar-refractivity contribution < 1.29 is 0 Å². The van der Waals surface area contributed by atoms with E-state index in [0.29, 0.717) is 6.54 Å². The fraction of sp³-hybridized carbons (Fsp3) is 0.375. The highest BCUT2D eigenvalue weighted by molar-refractivity contribution is 14.0. The summed E-state index contributed by atoms with van der Waals surface area (Å²) in [4.78, 5) is 10.1. The average Bonchev–Trinajstić information content (AvgIpc) is 2.90. The van der Waals surface area contributed by atoms with Crippen LogP contribution < -0.4 is 10.6 Å². The van der Waals surface area contributed by atoms with Crippen LogP contribution in [0.4, 0.5) is 0 Å². The number of guanidine groups is 1. The van der Waals surface area contributed by atoms with E-state index in [1.54, 1.807) is 11.3 Å². The lowest BCUT2D eigenvalue weighted by Crippen LogP contribution is -2.38. The number of nitrogens with zero attached hydrogens (tertiary/aromatic N) is 2. The molecular formula is C16H22ClIN4S. The lowest BCUT2D eigenvalue weighted by atomic mass is 10.1. The maximum Gasteiger partial charge on any atom is 0.192 e. The molecule has 7 heteroatoms. The zero-order valence-electron chi connectivity index (χ0n) is 13.5. The van der Waals surface area contributed by atoms with Gasteiger partial charge in [0.2, 0.25) is 0 Å². The van der Waals surface area contributed by atoms with Crippen molar-refractivity contribution in [2.45, 2.75) is 33.4 Å². The molecule has 2 aromatic rings. The van der Waals surface area contributed by atoms with Crippen LogP contribution in [0, 0.1) is 6.92 Å². The molecule has 0 saturated heterocycles. The summed E-state index contributed by atoms with van der Waals surface area (Å²) in [7, 11) is 0. The van der Waals surface area contributed by atoms with Crippen molar-refractivity contribution in [1.82, 2.24) is 15.6 Å². The van der Waals surface area contributed by atoms with Crippen molar-refractivity contribution in [2.24, 2.45) is 4.99 Å². The van der Waals surface area contributed by atoms with Crippen molar-refractivity contribution in [3.8, 4) is 0 Å². The van der Waals surface area contributed by atoms with Gasteiger partial charge in [0.25, 0.3) is 0 Å². The van der Waals surface area contributed by atoms with Crippen LogP contribution in [-0.2, 0) is 6.54 Å². The molecule has 2 N–H and O–H groups in total. The van der Waals surface area contributed by atoms with E-state index in [9.17, 15) is 0 Å². The molecule has 0 radical (unpaired) electrons. The lowest BCUT2D eigenvalue weighted by Gasteiger charge is -2.18. The standard InChI is InChI=1S/C16H21ClN4S.HI/c1-4-18-16(20-10-15-19-9-11(2)22-15)21-12(3)13-6-5-7-14(17)8-13;/h5-9,12H,4,10H2,1-3H3,(H2,18,20,21);1H. The summed E-state index contributed by atoms with van der Waals surface area (Å²) in [6, 6.07) is 7.97. The predicted octanol–water partition coefficient (Wildman–Crippen LogP) is 4.54. The lowest BCUT2D eigenvalue weighted by molar-refractivity contribution is 0.686. The Balaban J connectivity index is 0.00000264. The van der Waals surface area contributed by atoms with Gasteiger partial charge in [-0.1, -0.05) is 23.7 Å². The van der Waals surface area contributed by atoms with Crippen LogP contribution in [0.3, 0.4) is 0 Å². The van der Waals surface area contributed by atoms with E-state index in [-0.39, 0.29) is 30.0 Å². The average molecular weight is 465 g/mol. The van der Waals surface area contributed by atoms with Crippen LogP contribution in [-0.4, -0.2) is 17.5 Å². The normalized spacial score (nSPS) is 12.4. The van der Waals surface area contributed by atoms with E-state index in [1.165, 1.54) is 4.88 Å². The smallest absolute Gasteiger partial charge is 0.192 e. The van der Waals surface area contributed by atoms with Gasteiger partial charge in [-0.15, -0.1) is 35.3 Å². The zero-order valence-corrected chi connectivity index (χ0v) is 17.4. The number of hydrogen-bond acceptors (Lipinski definition) is 3. The molecule has 0 fully saturated rings. The molecule has 23 heavy (non-hydrogen) atoms. The van der Waals surface area contributed by atoms with Gasteiger partial charge in [-0.25, -0.2) is 9.98 Å². The summed E-state index contributed by atoms with van der Waals surface area (Å²) in [6.07, 6.45) is 1.88. The van der Waals surface area contributed by atoms with Crippen molar-refractivity contribution in [1.29, 1.82) is 0 Å². The van der Waals surface area contributed by atoms with Crippen molar-refractivity contribution in [3.05, 3.63) is 50.9 Å². The third-order valence-corrected chi connectivity index (χ3v) is 4.22. The van der Waals surface area contributed by atoms with Gasteiger partial charge in [0, 0.05) is 22.6 Å². The number of aryl methyl sites for hydroxylation is 1. The SMILES string of the molecule is CCNC(=NCc1ncc(C)s1)NC(C)c1cccc(Cl)c1.I. The van der Waals surface area contributed by atoms with E-state index in [0.717, 1.165) is 28.1 Å². The minimum atomic E-state index is 0. The second kappa shape index (κ2) is 10.1. The molecule has 2 rings (SSSR count).